The zero-order valence-corrected chi connectivity index (χ0v) is 63.4. The molecule has 0 fully saturated rings. The Morgan fingerprint density at radius 2 is 0.952 bits per heavy atom. The fourth-order valence-corrected chi connectivity index (χ4v) is 11.7. The molecule has 4 aromatic carbocycles. The van der Waals surface area contributed by atoms with E-state index < -0.39 is 49.3 Å². The summed E-state index contributed by atoms with van der Waals surface area (Å²) in [4.78, 5) is 134. The predicted octanol–water partition coefficient (Wildman–Crippen LogP) is 12.7. The lowest BCUT2D eigenvalue weighted by Crippen LogP contribution is -2.35. The first-order valence-corrected chi connectivity index (χ1v) is 35.2. The highest BCUT2D eigenvalue weighted by molar-refractivity contribution is 6.46. The van der Waals surface area contributed by atoms with Crippen molar-refractivity contribution < 1.29 is 81.8 Å². The number of nitrogens with zero attached hydrogens (tertiary/aromatic N) is 2. The van der Waals surface area contributed by atoms with Gasteiger partial charge in [-0.25, -0.2) is 19.2 Å². The summed E-state index contributed by atoms with van der Waals surface area (Å²) in [5.74, 6) is -4.87. The monoisotopic (exact) mass is 1520 g/mol. The van der Waals surface area contributed by atoms with Gasteiger partial charge in [0.25, 0.3) is 23.6 Å². The highest BCUT2D eigenvalue weighted by Gasteiger charge is 2.31. The van der Waals surface area contributed by atoms with Crippen LogP contribution >= 0.6 is 46.4 Å². The molecule has 2 aliphatic rings. The quantitative estimate of drug-likeness (QED) is 0.00867. The first-order chi connectivity index (χ1) is 49.7. The number of aliphatic hydroxyl groups excluding tert-OH is 1. The number of carbonyl (C=O) groups excluding carboxylic acids is 9. The molecular weight excluding hydrogens is 1440 g/mol. The van der Waals surface area contributed by atoms with Gasteiger partial charge in [-0.05, 0) is 176 Å². The summed E-state index contributed by atoms with van der Waals surface area (Å²) in [5, 5.41) is 29.4. The Morgan fingerprint density at radius 1 is 0.562 bits per heavy atom. The fraction of sp³-hybridized carbons (Fsp3) is 0.342. The summed E-state index contributed by atoms with van der Waals surface area (Å²) in [5.41, 5.74) is 9.08. The fourth-order valence-electron chi connectivity index (χ4n) is 10.8. The maximum atomic E-state index is 13.1. The van der Waals surface area contributed by atoms with Gasteiger partial charge in [0, 0.05) is 82.6 Å². The van der Waals surface area contributed by atoms with Crippen LogP contribution in [0.15, 0.2) is 85.0 Å². The number of aliphatic carboxylic acids is 1. The lowest BCUT2D eigenvalue weighted by molar-refractivity contribution is -0.162. The number of H-pyrrole nitrogens is 2. The van der Waals surface area contributed by atoms with E-state index in [1.807, 2.05) is 20.8 Å². The number of ether oxygens (including phenoxy) is 5. The summed E-state index contributed by atoms with van der Waals surface area (Å²) in [6.07, 6.45) is 1.70. The number of rotatable bonds is 31. The number of Topliss-reactive ketones (excluding diaryl/α,β-unsaturated/α-hetero) is 2. The minimum absolute atomic E-state index is 0.0117. The third-order valence-electron chi connectivity index (χ3n) is 16.9. The van der Waals surface area contributed by atoms with Crippen LogP contribution in [-0.4, -0.2) is 167 Å². The van der Waals surface area contributed by atoms with Crippen LogP contribution in [0.25, 0.3) is 23.3 Å². The summed E-state index contributed by atoms with van der Waals surface area (Å²) >= 11 is 24.5. The van der Waals surface area contributed by atoms with Gasteiger partial charge in [0.05, 0.1) is 32.3 Å². The van der Waals surface area contributed by atoms with E-state index in [9.17, 15) is 53.1 Å². The smallest absolute Gasteiger partial charge is 0.352 e. The van der Waals surface area contributed by atoms with Crippen molar-refractivity contribution >= 4 is 140 Å². The lowest BCUT2D eigenvalue weighted by atomic mass is 10.0. The Kier molecular flexibility index (Phi) is 31.0. The molecular formula is C76H86Cl4N8O17. The minimum Gasteiger partial charge on any atom is -0.480 e. The molecule has 2 atom stereocenters. The molecule has 0 spiro atoms. The van der Waals surface area contributed by atoms with Gasteiger partial charge < -0.3 is 74.9 Å². The third kappa shape index (κ3) is 21.6. The van der Waals surface area contributed by atoms with E-state index in [2.05, 4.69) is 81.9 Å². The normalized spacial score (nSPS) is 13.2. The van der Waals surface area contributed by atoms with Crippen molar-refractivity contribution in [1.29, 1.82) is 0 Å². The van der Waals surface area contributed by atoms with Crippen molar-refractivity contribution in [3.63, 3.8) is 0 Å². The van der Waals surface area contributed by atoms with Crippen LogP contribution < -0.4 is 40.2 Å². The second-order valence-electron chi connectivity index (χ2n) is 24.0. The minimum atomic E-state index is -1.32. The average molecular weight is 1530 g/mol. The number of aromatic amines is 2. The van der Waals surface area contributed by atoms with E-state index in [-0.39, 0.29) is 89.4 Å². The number of benzene rings is 4. The van der Waals surface area contributed by atoms with Gasteiger partial charge in [-0.3, -0.25) is 28.8 Å². The van der Waals surface area contributed by atoms with Gasteiger partial charge in [-0.2, -0.15) is 0 Å². The molecule has 2 aromatic heterocycles. The van der Waals surface area contributed by atoms with Gasteiger partial charge in [-0.15, -0.1) is 0 Å². The number of ketones is 2. The number of fused-ring (bicyclic) bond motifs is 2. The number of allylic oxidation sites excluding steroid dienone is 2. The summed E-state index contributed by atoms with van der Waals surface area (Å²) in [6.45, 7) is 34.2. The van der Waals surface area contributed by atoms with Gasteiger partial charge >= 0.3 is 23.9 Å². The average Bonchev–Trinajstić information content (AvgIpc) is 1.66. The maximum Gasteiger partial charge on any atom is 0.352 e. The molecule has 4 amide bonds. The van der Waals surface area contributed by atoms with Crippen LogP contribution in [0, 0.1) is 27.7 Å². The zero-order chi connectivity index (χ0) is 77.8. The molecule has 560 valence electrons. The molecule has 0 unspecified atom stereocenters. The second kappa shape index (κ2) is 38.8. The Bertz CT molecular complexity index is 4430. The summed E-state index contributed by atoms with van der Waals surface area (Å²) in [6, 6.07) is 15.0. The number of amides is 4. The van der Waals surface area contributed by atoms with Gasteiger partial charge in [0.1, 0.15) is 39.1 Å². The van der Waals surface area contributed by atoms with Gasteiger partial charge in [-0.1, -0.05) is 101 Å². The largest absolute Gasteiger partial charge is 0.480 e. The molecule has 4 heterocycles. The van der Waals surface area contributed by atoms with Crippen molar-refractivity contribution in [3.05, 3.63) is 172 Å². The number of likely N-dealkylation sites (N-methyl/N-ethyl adjacent to an activating group) is 2. The van der Waals surface area contributed by atoms with E-state index in [0.29, 0.717) is 110 Å². The highest BCUT2D eigenvalue weighted by atomic mass is 35.5. The van der Waals surface area contributed by atoms with Crippen molar-refractivity contribution in [2.45, 2.75) is 108 Å². The van der Waals surface area contributed by atoms with Crippen LogP contribution in [0.2, 0.25) is 20.1 Å². The molecule has 8 N–H and O–H groups in total. The number of hydrogen-bond acceptors (Lipinski definition) is 18. The van der Waals surface area contributed by atoms with Crippen molar-refractivity contribution in [1.82, 2.24) is 30.4 Å². The van der Waals surface area contributed by atoms with E-state index in [0.717, 1.165) is 44.8 Å². The van der Waals surface area contributed by atoms with Crippen molar-refractivity contribution in [2.75, 3.05) is 76.2 Å². The molecule has 0 radical (unpaired) electrons. The number of nitrogens with one attached hydrogen (secondary N) is 6. The molecule has 8 rings (SSSR count). The first-order valence-electron chi connectivity index (χ1n) is 33.7. The van der Waals surface area contributed by atoms with Crippen LogP contribution in [0.5, 0.6) is 23.0 Å². The molecule has 29 heteroatoms. The summed E-state index contributed by atoms with van der Waals surface area (Å²) < 4.78 is 26.2. The maximum absolute atomic E-state index is 13.1. The molecule has 0 saturated heterocycles. The van der Waals surface area contributed by atoms with E-state index in [1.165, 1.54) is 50.2 Å². The van der Waals surface area contributed by atoms with Gasteiger partial charge in [0.15, 0.2) is 30.9 Å². The molecule has 25 nitrogen and oxygen atoms in total. The number of halogens is 4. The number of aromatic nitrogens is 2. The number of aliphatic hydroxyl groups is 1. The number of esters is 3. The second-order valence-corrected chi connectivity index (χ2v) is 25.5. The molecule has 2 aliphatic heterocycles. The topological polar surface area (TPSA) is 343 Å². The lowest BCUT2D eigenvalue weighted by Gasteiger charge is -2.18. The van der Waals surface area contributed by atoms with Crippen LogP contribution in [0.1, 0.15) is 155 Å². The molecule has 0 bridgehead atoms. The van der Waals surface area contributed by atoms with E-state index in [4.69, 9.17) is 75.2 Å². The number of anilines is 2. The van der Waals surface area contributed by atoms with Crippen LogP contribution in [-0.2, 0) is 33.5 Å². The van der Waals surface area contributed by atoms with E-state index >= 15 is 0 Å². The summed E-state index contributed by atoms with van der Waals surface area (Å²) in [7, 11) is 0. The van der Waals surface area contributed by atoms with Crippen molar-refractivity contribution in [2.24, 2.45) is 0 Å². The predicted molar refractivity (Wildman–Crippen MR) is 404 cm³/mol. The number of carbonyl (C=O) groups is 10. The van der Waals surface area contributed by atoms with E-state index in [1.54, 1.807) is 57.2 Å². The number of carboxylic acid groups (broad SMARTS) is 1. The molecule has 0 saturated carbocycles. The van der Waals surface area contributed by atoms with Gasteiger partial charge in [0.2, 0.25) is 0 Å². The van der Waals surface area contributed by atoms with Crippen LogP contribution in [0.3, 0.4) is 0 Å². The Morgan fingerprint density at radius 3 is 1.32 bits per heavy atom. The van der Waals surface area contributed by atoms with Crippen LogP contribution in [0.4, 0.5) is 11.4 Å². The third-order valence-corrected chi connectivity index (χ3v) is 18.7. The SMILES string of the molecule is C=C(CC)C(=O)c1ccc(OCC(=O)O)c(Cl)c1Cl.C=C(CC)C(=O)c1ccc(OCC(=O)O[C@@H](C)C(=O)Oc2ccc3c(c2)/C(=C/c2[nH]c(C)c(C(=O)NCCN(CC)CC)c2C)C(=O)N3)c(Cl)c1Cl.CCN(CC)CCNC(=O)c1c(C)[nH]c(/C=C2\C(=O)Nc3ccc(OC(=O)[C@H](C)O)cc32)c1C. The number of hydrogen-bond donors (Lipinski definition) is 8. The Balaban J connectivity index is 0.000000277. The standard InChI is InChI=1S/C38H42Cl2N4O8.C25H32N4O5.C13H12Cl2O4/c1-8-20(4)35(46)25-12-14-30(34(40)33(25)39)50-19-31(45)51-23(7)38(49)52-24-11-13-28-26(17-24)27(36(47)43-28)18-29-21(5)32(22(6)42-29)37(48)41-15-16-44(9-2)10-3;1-6-29(7-2)11-10-26-24(32)22-14(3)21(27-15(22)4)13-19-18-12-17(34-25(33)16(5)30)8-9-20(18)28-23(19)31;1-3-7(2)13(18)8-4-5-9(12(15)11(8)14)19-6-10(16)17/h11-14,17-18,23,42H,4,8-10,15-16,19H2,1-3,5-7H3,(H,41,48)(H,43,47);8-9,12-13,16,27,30H,6-7,10-11H2,1-5H3,(H,26,32)(H,28,31);4-5H,2-3,6H2,1H3,(H,16,17)/b27-18-;19-13-;/t23-;16-;/m00./s1. The number of aryl methyl sites for hydroxylation is 2. The Labute approximate surface area is 628 Å². The Hall–Kier alpha value is -9.86. The molecule has 105 heavy (non-hydrogen) atoms. The number of carboxylic acids is 1. The zero-order valence-electron chi connectivity index (χ0n) is 60.4. The highest BCUT2D eigenvalue weighted by Crippen LogP contribution is 2.40. The molecule has 6 aromatic rings. The first kappa shape index (κ1) is 84.1. The van der Waals surface area contributed by atoms with Crippen molar-refractivity contribution in [3.8, 4) is 23.0 Å². The molecule has 0 aliphatic carbocycles.